The Morgan fingerprint density at radius 2 is 2.15 bits per heavy atom. The minimum atomic E-state index is -0.404. The van der Waals surface area contributed by atoms with Gasteiger partial charge in [0.25, 0.3) is 5.91 Å². The van der Waals surface area contributed by atoms with E-state index in [1.807, 2.05) is 31.2 Å². The number of hydrogen-bond donors (Lipinski definition) is 2. The summed E-state index contributed by atoms with van der Waals surface area (Å²) in [4.78, 5) is 16.3. The molecule has 2 aromatic heterocycles. The van der Waals surface area contributed by atoms with Gasteiger partial charge < -0.3 is 9.47 Å². The number of hydrogen-bond acceptors (Lipinski definition) is 6. The molecular weight excluding hydrogens is 346 g/mol. The van der Waals surface area contributed by atoms with Crippen LogP contribution < -0.4 is 14.9 Å². The summed E-state index contributed by atoms with van der Waals surface area (Å²) in [5.74, 6) is 0.850. The first-order valence-electron chi connectivity index (χ1n) is 8.32. The predicted molar refractivity (Wildman–Crippen MR) is 101 cm³/mol. The van der Waals surface area contributed by atoms with E-state index in [1.165, 1.54) is 6.21 Å². The average molecular weight is 365 g/mol. The van der Waals surface area contributed by atoms with Gasteiger partial charge in [0, 0.05) is 11.8 Å². The van der Waals surface area contributed by atoms with Gasteiger partial charge in [0.15, 0.2) is 11.5 Å². The molecule has 138 valence electrons. The number of carbonyl (C=O) groups is 1. The third kappa shape index (κ3) is 4.49. The van der Waals surface area contributed by atoms with E-state index in [0.29, 0.717) is 29.5 Å². The number of hydrazone groups is 1. The largest absolute Gasteiger partial charge is 0.493 e. The molecule has 0 radical (unpaired) electrons. The van der Waals surface area contributed by atoms with Crippen molar-refractivity contribution in [2.24, 2.45) is 5.10 Å². The highest BCUT2D eigenvalue weighted by Gasteiger charge is 2.13. The molecule has 2 heterocycles. The molecule has 0 aliphatic rings. The van der Waals surface area contributed by atoms with Crippen molar-refractivity contribution in [2.45, 2.75) is 6.92 Å². The number of carbonyl (C=O) groups excluding carboxylic acids is 1. The number of aromatic nitrogens is 3. The van der Waals surface area contributed by atoms with Gasteiger partial charge in [-0.2, -0.15) is 10.2 Å². The van der Waals surface area contributed by atoms with Crippen LogP contribution in [0.1, 0.15) is 23.1 Å². The number of amides is 1. The number of benzene rings is 1. The molecule has 0 fully saturated rings. The molecule has 0 atom stereocenters. The fourth-order valence-electron chi connectivity index (χ4n) is 2.36. The van der Waals surface area contributed by atoms with E-state index in [1.54, 1.807) is 31.5 Å². The molecule has 3 rings (SSSR count). The molecule has 0 bridgehead atoms. The summed E-state index contributed by atoms with van der Waals surface area (Å²) < 4.78 is 10.8. The second-order valence-electron chi connectivity index (χ2n) is 5.42. The Balaban J connectivity index is 1.70. The summed E-state index contributed by atoms with van der Waals surface area (Å²) in [5, 5.41) is 10.8. The van der Waals surface area contributed by atoms with E-state index in [0.717, 1.165) is 5.56 Å². The Hall–Kier alpha value is -3.68. The topological polar surface area (TPSA) is 101 Å². The lowest BCUT2D eigenvalue weighted by Gasteiger charge is -2.09. The molecule has 3 aromatic rings. The third-order valence-corrected chi connectivity index (χ3v) is 3.63. The lowest BCUT2D eigenvalue weighted by molar-refractivity contribution is 0.0950. The van der Waals surface area contributed by atoms with Crippen LogP contribution in [0.4, 0.5) is 0 Å². The number of aromatic amines is 1. The third-order valence-electron chi connectivity index (χ3n) is 3.63. The van der Waals surface area contributed by atoms with E-state index in [2.05, 4.69) is 25.7 Å². The number of rotatable bonds is 7. The van der Waals surface area contributed by atoms with E-state index in [-0.39, 0.29) is 5.69 Å². The maximum Gasteiger partial charge on any atom is 0.289 e. The molecule has 0 unspecified atom stereocenters. The van der Waals surface area contributed by atoms with Crippen molar-refractivity contribution in [3.63, 3.8) is 0 Å². The number of pyridine rings is 1. The zero-order valence-electron chi connectivity index (χ0n) is 15.0. The van der Waals surface area contributed by atoms with Crippen LogP contribution in [0.25, 0.3) is 11.3 Å². The molecule has 8 heteroatoms. The quantitative estimate of drug-likeness (QED) is 0.495. The van der Waals surface area contributed by atoms with Crippen molar-refractivity contribution < 1.29 is 14.3 Å². The van der Waals surface area contributed by atoms with Gasteiger partial charge >= 0.3 is 0 Å². The first-order valence-corrected chi connectivity index (χ1v) is 8.32. The summed E-state index contributed by atoms with van der Waals surface area (Å²) >= 11 is 0. The van der Waals surface area contributed by atoms with Gasteiger partial charge in [0.05, 0.1) is 31.3 Å². The van der Waals surface area contributed by atoms with Crippen molar-refractivity contribution in [2.75, 3.05) is 13.7 Å². The molecule has 8 nitrogen and oxygen atoms in total. The SMILES string of the molecule is CCOc1ccc(-c2cc(C(=O)N/N=C/c3ccccn3)[nH]n2)cc1OC. The lowest BCUT2D eigenvalue weighted by atomic mass is 10.1. The summed E-state index contributed by atoms with van der Waals surface area (Å²) in [7, 11) is 1.57. The molecule has 1 aromatic carbocycles. The Bertz CT molecular complexity index is 938. The predicted octanol–water partition coefficient (Wildman–Crippen LogP) is 2.64. The van der Waals surface area contributed by atoms with E-state index in [9.17, 15) is 4.79 Å². The minimum Gasteiger partial charge on any atom is -0.493 e. The molecule has 0 aliphatic heterocycles. The summed E-state index contributed by atoms with van der Waals surface area (Å²) in [6, 6.07) is 12.5. The van der Waals surface area contributed by atoms with Crippen LogP contribution in [0.3, 0.4) is 0 Å². The molecule has 2 N–H and O–H groups in total. The van der Waals surface area contributed by atoms with Gasteiger partial charge in [-0.05, 0) is 43.3 Å². The number of nitrogens with zero attached hydrogens (tertiary/aromatic N) is 3. The minimum absolute atomic E-state index is 0.288. The monoisotopic (exact) mass is 365 g/mol. The van der Waals surface area contributed by atoms with Crippen molar-refractivity contribution in [1.82, 2.24) is 20.6 Å². The molecule has 27 heavy (non-hydrogen) atoms. The maximum atomic E-state index is 12.2. The number of H-pyrrole nitrogens is 1. The smallest absolute Gasteiger partial charge is 0.289 e. The van der Waals surface area contributed by atoms with Crippen LogP contribution in [-0.2, 0) is 0 Å². The zero-order valence-corrected chi connectivity index (χ0v) is 15.0. The van der Waals surface area contributed by atoms with Crippen molar-refractivity contribution >= 4 is 12.1 Å². The molecule has 0 saturated heterocycles. The van der Waals surface area contributed by atoms with Crippen LogP contribution in [0.15, 0.2) is 53.8 Å². The van der Waals surface area contributed by atoms with Crippen molar-refractivity contribution in [3.8, 4) is 22.8 Å². The summed E-state index contributed by atoms with van der Waals surface area (Å²) in [6.45, 7) is 2.45. The van der Waals surface area contributed by atoms with E-state index < -0.39 is 5.91 Å². The zero-order chi connectivity index (χ0) is 19.1. The van der Waals surface area contributed by atoms with Crippen LogP contribution in [0.5, 0.6) is 11.5 Å². The number of nitrogens with one attached hydrogen (secondary N) is 2. The standard InChI is InChI=1S/C19H19N5O3/c1-3-27-17-8-7-13(10-18(17)26-2)15-11-16(23-22-15)19(25)24-21-12-14-6-4-5-9-20-14/h4-12H,3H2,1-2H3,(H,22,23)(H,24,25)/b21-12+. The van der Waals surface area contributed by atoms with Crippen LogP contribution in [0, 0.1) is 0 Å². The fraction of sp³-hybridized carbons (Fsp3) is 0.158. The first-order chi connectivity index (χ1) is 13.2. The Morgan fingerprint density at radius 1 is 1.26 bits per heavy atom. The lowest BCUT2D eigenvalue weighted by Crippen LogP contribution is -2.18. The molecule has 0 saturated carbocycles. The van der Waals surface area contributed by atoms with E-state index >= 15 is 0 Å². The number of ether oxygens (including phenoxy) is 2. The molecule has 0 spiro atoms. The number of methoxy groups -OCH3 is 1. The van der Waals surface area contributed by atoms with Gasteiger partial charge in [-0.1, -0.05) is 6.07 Å². The fourth-order valence-corrected chi connectivity index (χ4v) is 2.36. The highest BCUT2D eigenvalue weighted by molar-refractivity contribution is 5.94. The Morgan fingerprint density at radius 3 is 2.89 bits per heavy atom. The summed E-state index contributed by atoms with van der Waals surface area (Å²) in [6.07, 6.45) is 3.11. The van der Waals surface area contributed by atoms with Gasteiger partial charge in [0.1, 0.15) is 5.69 Å². The van der Waals surface area contributed by atoms with Crippen molar-refractivity contribution in [1.29, 1.82) is 0 Å². The van der Waals surface area contributed by atoms with Gasteiger partial charge in [-0.3, -0.25) is 14.9 Å². The van der Waals surface area contributed by atoms with Crippen LogP contribution in [-0.4, -0.2) is 41.0 Å². The van der Waals surface area contributed by atoms with Crippen LogP contribution in [0.2, 0.25) is 0 Å². The van der Waals surface area contributed by atoms with Gasteiger partial charge in [0.2, 0.25) is 0 Å². The highest BCUT2D eigenvalue weighted by Crippen LogP contribution is 2.32. The Labute approximate surface area is 156 Å². The molecule has 0 aliphatic carbocycles. The highest BCUT2D eigenvalue weighted by atomic mass is 16.5. The summed E-state index contributed by atoms with van der Waals surface area (Å²) in [5.41, 5.74) is 4.77. The van der Waals surface area contributed by atoms with Crippen molar-refractivity contribution in [3.05, 3.63) is 60.0 Å². The molecule has 1 amide bonds. The molecular formula is C19H19N5O3. The second kappa shape index (κ2) is 8.61. The van der Waals surface area contributed by atoms with E-state index in [4.69, 9.17) is 9.47 Å². The maximum absolute atomic E-state index is 12.2. The van der Waals surface area contributed by atoms with Gasteiger partial charge in [-0.25, -0.2) is 5.43 Å². The Kier molecular flexibility index (Phi) is 5.78. The van der Waals surface area contributed by atoms with Crippen LogP contribution >= 0.6 is 0 Å². The van der Waals surface area contributed by atoms with Gasteiger partial charge in [-0.15, -0.1) is 0 Å². The second-order valence-corrected chi connectivity index (χ2v) is 5.42. The average Bonchev–Trinajstić information content (AvgIpc) is 3.19. The first kappa shape index (κ1) is 18.1. The normalized spacial score (nSPS) is 10.7.